The van der Waals surface area contributed by atoms with Crippen LogP contribution in [0.2, 0.25) is 0 Å². The maximum absolute atomic E-state index is 13.0. The molecule has 0 N–H and O–H groups in total. The molecule has 3 aromatic carbocycles. The lowest BCUT2D eigenvalue weighted by Gasteiger charge is -2.40. The number of carbonyl (C=O) groups is 1. The third-order valence-corrected chi connectivity index (χ3v) is 9.43. The Labute approximate surface area is 220 Å². The lowest BCUT2D eigenvalue weighted by Crippen LogP contribution is -2.49. The van der Waals surface area contributed by atoms with Crippen molar-refractivity contribution in [3.05, 3.63) is 102 Å². The number of hydrogen-bond donors (Lipinski definition) is 0. The van der Waals surface area contributed by atoms with Gasteiger partial charge in [0.15, 0.2) is 0 Å². The molecule has 3 aromatic rings. The molecule has 2 aliphatic heterocycles. The van der Waals surface area contributed by atoms with Gasteiger partial charge in [-0.15, -0.1) is 0 Å². The summed E-state index contributed by atoms with van der Waals surface area (Å²) in [4.78, 5) is 17.8. The third-order valence-electron chi connectivity index (χ3n) is 7.52. The number of rotatable bonds is 8. The van der Waals surface area contributed by atoms with E-state index < -0.39 is 10.0 Å². The smallest absolute Gasteiger partial charge is 0.243 e. The summed E-state index contributed by atoms with van der Waals surface area (Å²) in [6.45, 7) is 4.27. The average molecular weight is 518 g/mol. The molecule has 2 heterocycles. The van der Waals surface area contributed by atoms with Crippen LogP contribution < -0.4 is 0 Å². The molecule has 37 heavy (non-hydrogen) atoms. The van der Waals surface area contributed by atoms with Gasteiger partial charge in [0.25, 0.3) is 0 Å². The van der Waals surface area contributed by atoms with E-state index in [0.29, 0.717) is 43.9 Å². The van der Waals surface area contributed by atoms with Crippen LogP contribution in [-0.4, -0.2) is 67.7 Å². The second-order valence-electron chi connectivity index (χ2n) is 9.90. The van der Waals surface area contributed by atoms with Gasteiger partial charge in [-0.3, -0.25) is 9.69 Å². The molecular formula is C30H35N3O3S. The molecule has 0 radical (unpaired) electrons. The topological polar surface area (TPSA) is 60.9 Å². The zero-order valence-electron chi connectivity index (χ0n) is 21.2. The van der Waals surface area contributed by atoms with Gasteiger partial charge in [-0.2, -0.15) is 4.31 Å². The van der Waals surface area contributed by atoms with Crippen LogP contribution >= 0.6 is 0 Å². The predicted octanol–water partition coefficient (Wildman–Crippen LogP) is 4.34. The molecule has 2 saturated heterocycles. The standard InChI is InChI=1S/C30H35N3O3S/c34-29(18-15-25-13-16-28(17-14-25)37(35,36)33-19-7-8-20-33)31-21-23-32(24-22-31)30(26-9-3-1-4-10-26)27-11-5-2-6-12-27/h1-6,9-14,16-17,30H,7-8,15,18-24H2. The van der Waals surface area contributed by atoms with E-state index >= 15 is 0 Å². The van der Waals surface area contributed by atoms with Crippen molar-refractivity contribution < 1.29 is 13.2 Å². The van der Waals surface area contributed by atoms with Crippen LogP contribution in [0.4, 0.5) is 0 Å². The lowest BCUT2D eigenvalue weighted by atomic mass is 9.96. The van der Waals surface area contributed by atoms with Crippen LogP contribution in [0.25, 0.3) is 0 Å². The van der Waals surface area contributed by atoms with E-state index in [9.17, 15) is 13.2 Å². The van der Waals surface area contributed by atoms with Crippen molar-refractivity contribution in [1.82, 2.24) is 14.1 Å². The monoisotopic (exact) mass is 517 g/mol. The molecule has 2 fully saturated rings. The van der Waals surface area contributed by atoms with Crippen molar-refractivity contribution in [2.24, 2.45) is 0 Å². The van der Waals surface area contributed by atoms with Gasteiger partial charge < -0.3 is 4.90 Å². The molecule has 5 rings (SSSR count). The van der Waals surface area contributed by atoms with Crippen LogP contribution in [-0.2, 0) is 21.2 Å². The Morgan fingerprint density at radius 1 is 0.703 bits per heavy atom. The Morgan fingerprint density at radius 3 is 1.78 bits per heavy atom. The third kappa shape index (κ3) is 5.95. The summed E-state index contributed by atoms with van der Waals surface area (Å²) in [5.41, 5.74) is 3.52. The minimum Gasteiger partial charge on any atom is -0.340 e. The Balaban J connectivity index is 1.16. The minimum atomic E-state index is -3.40. The number of hydrogen-bond acceptors (Lipinski definition) is 4. The molecule has 6 nitrogen and oxygen atoms in total. The van der Waals surface area contributed by atoms with Crippen molar-refractivity contribution >= 4 is 15.9 Å². The van der Waals surface area contributed by atoms with E-state index in [2.05, 4.69) is 53.4 Å². The second-order valence-corrected chi connectivity index (χ2v) is 11.8. The number of carbonyl (C=O) groups excluding carboxylic acids is 1. The van der Waals surface area contributed by atoms with Crippen molar-refractivity contribution in [3.63, 3.8) is 0 Å². The molecule has 0 aliphatic carbocycles. The van der Waals surface area contributed by atoms with Gasteiger partial charge in [-0.25, -0.2) is 8.42 Å². The molecular weight excluding hydrogens is 482 g/mol. The first-order chi connectivity index (χ1) is 18.0. The molecule has 0 bridgehead atoms. The van der Waals surface area contributed by atoms with E-state index in [1.165, 1.54) is 11.1 Å². The largest absolute Gasteiger partial charge is 0.340 e. The van der Waals surface area contributed by atoms with Crippen molar-refractivity contribution in [2.45, 2.75) is 36.6 Å². The first kappa shape index (κ1) is 25.6. The van der Waals surface area contributed by atoms with E-state index in [1.54, 1.807) is 16.4 Å². The fraction of sp³-hybridized carbons (Fsp3) is 0.367. The van der Waals surface area contributed by atoms with Crippen molar-refractivity contribution in [2.75, 3.05) is 39.3 Å². The van der Waals surface area contributed by atoms with Crippen LogP contribution in [0.15, 0.2) is 89.8 Å². The van der Waals surface area contributed by atoms with Gasteiger partial charge in [0.2, 0.25) is 15.9 Å². The molecule has 2 aliphatic rings. The number of nitrogens with zero attached hydrogens (tertiary/aromatic N) is 3. The summed E-state index contributed by atoms with van der Waals surface area (Å²) in [5, 5.41) is 0. The zero-order chi connectivity index (χ0) is 25.7. The van der Waals surface area contributed by atoms with Gasteiger partial charge >= 0.3 is 0 Å². The summed E-state index contributed by atoms with van der Waals surface area (Å²) < 4.78 is 27.0. The van der Waals surface area contributed by atoms with Crippen molar-refractivity contribution in [3.8, 4) is 0 Å². The molecule has 0 aromatic heterocycles. The Hall–Kier alpha value is -3.00. The van der Waals surface area contributed by atoms with E-state index in [1.807, 2.05) is 29.2 Å². The number of piperazine rings is 1. The summed E-state index contributed by atoms with van der Waals surface area (Å²) >= 11 is 0. The maximum atomic E-state index is 13.0. The summed E-state index contributed by atoms with van der Waals surface area (Å²) in [6, 6.07) is 28.4. The number of amides is 1. The molecule has 0 unspecified atom stereocenters. The van der Waals surface area contributed by atoms with Crippen LogP contribution in [0.3, 0.4) is 0 Å². The van der Waals surface area contributed by atoms with Crippen molar-refractivity contribution in [1.29, 1.82) is 0 Å². The van der Waals surface area contributed by atoms with E-state index in [0.717, 1.165) is 31.5 Å². The minimum absolute atomic E-state index is 0.157. The summed E-state index contributed by atoms with van der Waals surface area (Å²) in [6.07, 6.45) is 2.89. The van der Waals surface area contributed by atoms with E-state index in [4.69, 9.17) is 0 Å². The van der Waals surface area contributed by atoms with E-state index in [-0.39, 0.29) is 11.9 Å². The van der Waals surface area contributed by atoms with Gasteiger partial charge in [0, 0.05) is 45.7 Å². The summed E-state index contributed by atoms with van der Waals surface area (Å²) in [7, 11) is -3.40. The Bertz CT molecular complexity index is 1230. The normalized spacial score (nSPS) is 17.4. The highest BCUT2D eigenvalue weighted by molar-refractivity contribution is 7.89. The lowest BCUT2D eigenvalue weighted by molar-refractivity contribution is -0.133. The zero-order valence-corrected chi connectivity index (χ0v) is 22.0. The Kier molecular flexibility index (Phi) is 8.03. The molecule has 194 valence electrons. The van der Waals surface area contributed by atoms with Crippen LogP contribution in [0.1, 0.15) is 42.0 Å². The molecule has 1 amide bonds. The van der Waals surface area contributed by atoms with Crippen LogP contribution in [0.5, 0.6) is 0 Å². The molecule has 0 saturated carbocycles. The Morgan fingerprint density at radius 2 is 1.24 bits per heavy atom. The second kappa shape index (κ2) is 11.6. The maximum Gasteiger partial charge on any atom is 0.243 e. The highest BCUT2D eigenvalue weighted by Gasteiger charge is 2.29. The van der Waals surface area contributed by atoms with Gasteiger partial charge in [0.1, 0.15) is 0 Å². The quantitative estimate of drug-likeness (QED) is 0.446. The number of sulfonamides is 1. The number of aryl methyl sites for hydroxylation is 1. The van der Waals surface area contributed by atoms with Gasteiger partial charge in [-0.1, -0.05) is 72.8 Å². The first-order valence-corrected chi connectivity index (χ1v) is 14.7. The first-order valence-electron chi connectivity index (χ1n) is 13.2. The predicted molar refractivity (Wildman–Crippen MR) is 146 cm³/mol. The van der Waals surface area contributed by atoms with Gasteiger partial charge in [-0.05, 0) is 48.1 Å². The fourth-order valence-electron chi connectivity index (χ4n) is 5.43. The molecule has 7 heteroatoms. The molecule has 0 atom stereocenters. The summed E-state index contributed by atoms with van der Waals surface area (Å²) in [5.74, 6) is 0.157. The fourth-order valence-corrected chi connectivity index (χ4v) is 6.95. The number of benzene rings is 3. The highest BCUT2D eigenvalue weighted by Crippen LogP contribution is 2.29. The highest BCUT2D eigenvalue weighted by atomic mass is 32.2. The molecule has 0 spiro atoms. The van der Waals surface area contributed by atoms with Gasteiger partial charge in [0.05, 0.1) is 10.9 Å². The SMILES string of the molecule is O=C(CCc1ccc(S(=O)(=O)N2CCCC2)cc1)N1CCN(C(c2ccccc2)c2ccccc2)CC1. The average Bonchev–Trinajstić information content (AvgIpc) is 3.50. The van der Waals surface area contributed by atoms with Crippen LogP contribution in [0, 0.1) is 0 Å².